The van der Waals surface area contributed by atoms with E-state index in [1.165, 1.54) is 29.5 Å². The summed E-state index contributed by atoms with van der Waals surface area (Å²) < 4.78 is 35.6. The first-order chi connectivity index (χ1) is 18.2. The van der Waals surface area contributed by atoms with Crippen LogP contribution in [0.5, 0.6) is 11.5 Å². The monoisotopic (exact) mass is 542 g/mol. The number of anilines is 1. The Bertz CT molecular complexity index is 1360. The third kappa shape index (κ3) is 6.16. The van der Waals surface area contributed by atoms with Crippen LogP contribution >= 0.6 is 11.3 Å². The lowest BCUT2D eigenvalue weighted by molar-refractivity contribution is -0.133. The standard InChI is InChI=1S/C27H28F2N4O4S/c1-5-18-13-23(34)33(32-24(18)19-8-11-21(36-4)22(12-19)37-27(28)29)14-17-6-9-20(10-7-17)31-26(35)25-15(2)30-16(3)38-25/h6-12,18,27H,5,13-14H2,1-4H3,(H,31,35). The Balaban J connectivity index is 1.53. The van der Waals surface area contributed by atoms with Gasteiger partial charge in [0.25, 0.3) is 5.91 Å². The van der Waals surface area contributed by atoms with Crippen LogP contribution < -0.4 is 14.8 Å². The zero-order chi connectivity index (χ0) is 27.4. The van der Waals surface area contributed by atoms with Crippen LogP contribution in [0.1, 0.15) is 51.3 Å². The van der Waals surface area contributed by atoms with E-state index in [-0.39, 0.29) is 42.2 Å². The third-order valence-electron chi connectivity index (χ3n) is 6.15. The Morgan fingerprint density at radius 1 is 1.18 bits per heavy atom. The number of aromatic nitrogens is 1. The molecule has 3 aromatic rings. The van der Waals surface area contributed by atoms with E-state index >= 15 is 0 Å². The number of hydrazone groups is 1. The highest BCUT2D eigenvalue weighted by Gasteiger charge is 2.30. The predicted octanol–water partition coefficient (Wildman–Crippen LogP) is 5.79. The van der Waals surface area contributed by atoms with E-state index in [1.807, 2.05) is 26.0 Å². The Hall–Kier alpha value is -3.86. The van der Waals surface area contributed by atoms with Crippen LogP contribution in [0.3, 0.4) is 0 Å². The number of benzene rings is 2. The molecular weight excluding hydrogens is 514 g/mol. The molecule has 1 aromatic heterocycles. The van der Waals surface area contributed by atoms with Gasteiger partial charge in [0.05, 0.1) is 30.1 Å². The van der Waals surface area contributed by atoms with Gasteiger partial charge in [-0.15, -0.1) is 11.3 Å². The van der Waals surface area contributed by atoms with E-state index in [1.54, 1.807) is 31.2 Å². The molecule has 4 rings (SSSR count). The van der Waals surface area contributed by atoms with E-state index in [0.717, 1.165) is 10.6 Å². The lowest BCUT2D eigenvalue weighted by atomic mass is 9.89. The van der Waals surface area contributed by atoms with Crippen LogP contribution in [0, 0.1) is 19.8 Å². The van der Waals surface area contributed by atoms with Crippen LogP contribution in [0.2, 0.25) is 0 Å². The van der Waals surface area contributed by atoms with Gasteiger partial charge in [0, 0.05) is 23.6 Å². The van der Waals surface area contributed by atoms with Gasteiger partial charge in [0.2, 0.25) is 5.91 Å². The maximum Gasteiger partial charge on any atom is 0.387 e. The maximum absolute atomic E-state index is 12.9. The topological polar surface area (TPSA) is 93.1 Å². The molecule has 1 unspecified atom stereocenters. The molecule has 1 N–H and O–H groups in total. The minimum atomic E-state index is -3.00. The smallest absolute Gasteiger partial charge is 0.387 e. The van der Waals surface area contributed by atoms with Gasteiger partial charge in [-0.25, -0.2) is 9.99 Å². The predicted molar refractivity (Wildman–Crippen MR) is 141 cm³/mol. The molecule has 0 saturated heterocycles. The number of rotatable bonds is 9. The summed E-state index contributed by atoms with van der Waals surface area (Å²) in [7, 11) is 1.37. The summed E-state index contributed by atoms with van der Waals surface area (Å²) in [6, 6.07) is 11.9. The summed E-state index contributed by atoms with van der Waals surface area (Å²) in [5, 5.41) is 9.70. The highest BCUT2D eigenvalue weighted by Crippen LogP contribution is 2.33. The molecule has 0 aliphatic carbocycles. The minimum absolute atomic E-state index is 0.0951. The van der Waals surface area contributed by atoms with Gasteiger partial charge in [0.1, 0.15) is 4.88 Å². The Labute approximate surface area is 223 Å². The van der Waals surface area contributed by atoms with Crippen molar-refractivity contribution >= 4 is 34.6 Å². The quantitative estimate of drug-likeness (QED) is 0.370. The van der Waals surface area contributed by atoms with Gasteiger partial charge >= 0.3 is 6.61 Å². The van der Waals surface area contributed by atoms with E-state index in [0.29, 0.717) is 34.0 Å². The van der Waals surface area contributed by atoms with Gasteiger partial charge < -0.3 is 14.8 Å². The summed E-state index contributed by atoms with van der Waals surface area (Å²) in [5.41, 5.74) is 3.32. The molecule has 0 spiro atoms. The molecule has 8 nitrogen and oxygen atoms in total. The Morgan fingerprint density at radius 2 is 1.92 bits per heavy atom. The Morgan fingerprint density at radius 3 is 2.53 bits per heavy atom. The number of amides is 2. The summed E-state index contributed by atoms with van der Waals surface area (Å²) in [6.45, 7) is 2.82. The number of nitrogens with one attached hydrogen (secondary N) is 1. The van der Waals surface area contributed by atoms with E-state index < -0.39 is 6.61 Å². The fourth-order valence-electron chi connectivity index (χ4n) is 4.26. The van der Waals surface area contributed by atoms with Gasteiger partial charge in [-0.2, -0.15) is 13.9 Å². The van der Waals surface area contributed by atoms with E-state index in [9.17, 15) is 18.4 Å². The molecule has 0 bridgehead atoms. The second kappa shape index (κ2) is 11.7. The highest BCUT2D eigenvalue weighted by molar-refractivity contribution is 7.13. The highest BCUT2D eigenvalue weighted by atomic mass is 32.1. The van der Waals surface area contributed by atoms with Crippen LogP contribution in [0.15, 0.2) is 47.6 Å². The number of carbonyl (C=O) groups excluding carboxylic acids is 2. The molecule has 1 atom stereocenters. The molecule has 11 heteroatoms. The minimum Gasteiger partial charge on any atom is -0.493 e. The summed E-state index contributed by atoms with van der Waals surface area (Å²) in [4.78, 5) is 30.3. The van der Waals surface area contributed by atoms with Crippen molar-refractivity contribution in [3.63, 3.8) is 0 Å². The van der Waals surface area contributed by atoms with Gasteiger partial charge in [0.15, 0.2) is 11.5 Å². The average Bonchev–Trinajstić information content (AvgIpc) is 3.23. The molecule has 2 aromatic carbocycles. The molecule has 1 aliphatic heterocycles. The molecule has 2 heterocycles. The molecule has 0 radical (unpaired) electrons. The van der Waals surface area contributed by atoms with E-state index in [2.05, 4.69) is 20.1 Å². The molecule has 38 heavy (non-hydrogen) atoms. The second-order valence-corrected chi connectivity index (χ2v) is 9.99. The SMILES string of the molecule is CCC1CC(=O)N(Cc2ccc(NC(=O)c3sc(C)nc3C)cc2)N=C1c1ccc(OC)c(OC(F)F)c1. The molecule has 200 valence electrons. The van der Waals surface area contributed by atoms with Crippen molar-refractivity contribution in [1.29, 1.82) is 0 Å². The first-order valence-corrected chi connectivity index (χ1v) is 12.9. The lowest BCUT2D eigenvalue weighted by Crippen LogP contribution is -2.36. The lowest BCUT2D eigenvalue weighted by Gasteiger charge is -2.29. The van der Waals surface area contributed by atoms with Crippen molar-refractivity contribution in [3.8, 4) is 11.5 Å². The van der Waals surface area contributed by atoms with Crippen molar-refractivity contribution < 1.29 is 27.8 Å². The van der Waals surface area contributed by atoms with Crippen LogP contribution in [0.25, 0.3) is 0 Å². The number of methoxy groups -OCH3 is 1. The fraction of sp³-hybridized carbons (Fsp3) is 0.333. The van der Waals surface area contributed by atoms with Gasteiger partial charge in [-0.1, -0.05) is 19.1 Å². The van der Waals surface area contributed by atoms with Crippen LogP contribution in [-0.4, -0.2) is 41.2 Å². The number of alkyl halides is 2. The number of ether oxygens (including phenoxy) is 2. The first-order valence-electron chi connectivity index (χ1n) is 12.0. The number of halogens is 2. The van der Waals surface area contributed by atoms with Crippen LogP contribution in [0.4, 0.5) is 14.5 Å². The van der Waals surface area contributed by atoms with Crippen molar-refractivity contribution in [2.24, 2.45) is 11.0 Å². The summed E-state index contributed by atoms with van der Waals surface area (Å²) >= 11 is 1.34. The van der Waals surface area contributed by atoms with Gasteiger partial charge in [-0.05, 0) is 56.2 Å². The average molecular weight is 543 g/mol. The van der Waals surface area contributed by atoms with Gasteiger partial charge in [-0.3, -0.25) is 9.59 Å². The Kier molecular flexibility index (Phi) is 8.35. The van der Waals surface area contributed by atoms with Crippen LogP contribution in [-0.2, 0) is 11.3 Å². The molecular formula is C27H28F2N4O4S. The summed E-state index contributed by atoms with van der Waals surface area (Å²) in [6.07, 6.45) is 0.900. The van der Waals surface area contributed by atoms with E-state index in [4.69, 9.17) is 4.74 Å². The van der Waals surface area contributed by atoms with Crippen molar-refractivity contribution in [2.75, 3.05) is 12.4 Å². The van der Waals surface area contributed by atoms with Crippen molar-refractivity contribution in [3.05, 3.63) is 69.2 Å². The number of hydrogen-bond donors (Lipinski definition) is 1. The number of thiazole rings is 1. The van der Waals surface area contributed by atoms with Crippen molar-refractivity contribution in [1.82, 2.24) is 9.99 Å². The number of hydrogen-bond acceptors (Lipinski definition) is 7. The van der Waals surface area contributed by atoms with Crippen molar-refractivity contribution in [2.45, 2.75) is 46.8 Å². The maximum atomic E-state index is 12.9. The zero-order valence-corrected chi connectivity index (χ0v) is 22.3. The zero-order valence-electron chi connectivity index (χ0n) is 21.5. The number of carbonyl (C=O) groups is 2. The normalized spacial score (nSPS) is 15.4. The molecule has 0 fully saturated rings. The molecule has 1 aliphatic rings. The second-order valence-electron chi connectivity index (χ2n) is 8.79. The third-order valence-corrected chi connectivity index (χ3v) is 7.22. The number of nitrogens with zero attached hydrogens (tertiary/aromatic N) is 3. The largest absolute Gasteiger partial charge is 0.493 e. The molecule has 2 amide bonds. The fourth-order valence-corrected chi connectivity index (χ4v) is 5.07. The summed E-state index contributed by atoms with van der Waals surface area (Å²) in [5.74, 6) is -0.433. The molecule has 0 saturated carbocycles. The first kappa shape index (κ1) is 27.2. The number of aryl methyl sites for hydroxylation is 2.